The molecule has 0 aliphatic rings. The van der Waals surface area contributed by atoms with Crippen LogP contribution in [0.25, 0.3) is 0 Å². The van der Waals surface area contributed by atoms with Crippen LogP contribution in [0.1, 0.15) is 77.6 Å². The molecule has 1 radical (unpaired) electrons. The summed E-state index contributed by atoms with van der Waals surface area (Å²) in [6.45, 7) is 10.3. The summed E-state index contributed by atoms with van der Waals surface area (Å²) < 4.78 is 0. The summed E-state index contributed by atoms with van der Waals surface area (Å²) in [6, 6.07) is 0. The van der Waals surface area contributed by atoms with Crippen molar-refractivity contribution in [2.45, 2.75) is 77.6 Å². The second-order valence-corrected chi connectivity index (χ2v) is 4.58. The molecule has 0 aliphatic carbocycles. The quantitative estimate of drug-likeness (QED) is 0.303. The molecule has 0 aromatic rings. The van der Waals surface area contributed by atoms with Crippen molar-refractivity contribution in [2.24, 2.45) is 0 Å². The maximum Gasteiger partial charge on any atom is -0.0323 e. The van der Waals surface area contributed by atoms with E-state index >= 15 is 0 Å². The summed E-state index contributed by atoms with van der Waals surface area (Å²) in [5, 5.41) is 0. The van der Waals surface area contributed by atoms with Crippen LogP contribution < -0.4 is 0 Å². The van der Waals surface area contributed by atoms with Gasteiger partial charge in [-0.3, -0.25) is 0 Å². The van der Waals surface area contributed by atoms with Crippen LogP contribution in [0.15, 0.2) is 12.2 Å². The van der Waals surface area contributed by atoms with E-state index in [1.165, 1.54) is 69.8 Å². The van der Waals surface area contributed by atoms with Crippen LogP contribution in [0.5, 0.6) is 0 Å². The number of hydrogen-bond donors (Lipinski definition) is 0. The van der Waals surface area contributed by atoms with Gasteiger partial charge in [0.05, 0.1) is 0 Å². The van der Waals surface area contributed by atoms with Gasteiger partial charge >= 0.3 is 0 Å². The summed E-state index contributed by atoms with van der Waals surface area (Å²) in [5.74, 6) is 0. The Bertz CT molecular complexity index is 135. The Labute approximate surface area is 97.2 Å². The van der Waals surface area contributed by atoms with Crippen LogP contribution in [0.3, 0.4) is 0 Å². The zero-order chi connectivity index (χ0) is 11.4. The van der Waals surface area contributed by atoms with Crippen molar-refractivity contribution < 1.29 is 0 Å². The minimum Gasteiger partial charge on any atom is -0.0999 e. The van der Waals surface area contributed by atoms with Gasteiger partial charge in [0.1, 0.15) is 0 Å². The number of allylic oxidation sites excluding steroid dienone is 1. The van der Waals surface area contributed by atoms with Crippen LogP contribution in [0, 0.1) is 6.92 Å². The number of rotatable bonds is 11. The molecular weight excluding hydrogens is 180 g/mol. The van der Waals surface area contributed by atoms with E-state index in [4.69, 9.17) is 0 Å². The zero-order valence-electron chi connectivity index (χ0n) is 10.7. The third-order valence-electron chi connectivity index (χ3n) is 2.91. The summed E-state index contributed by atoms with van der Waals surface area (Å²) in [5.41, 5.74) is 1.46. The first kappa shape index (κ1) is 14.7. The molecule has 0 saturated heterocycles. The second kappa shape index (κ2) is 11.8. The molecule has 0 aliphatic heterocycles. The zero-order valence-corrected chi connectivity index (χ0v) is 10.7. The molecule has 0 rings (SSSR count). The highest BCUT2D eigenvalue weighted by Gasteiger charge is 1.95. The molecule has 89 valence electrons. The van der Waals surface area contributed by atoms with E-state index in [2.05, 4.69) is 20.4 Å². The normalized spacial score (nSPS) is 10.5. The molecule has 0 bridgehead atoms. The summed E-state index contributed by atoms with van der Waals surface area (Å²) in [7, 11) is 0. The SMILES string of the molecule is [CH2]CCCCC(=C)CCCCCCCC. The van der Waals surface area contributed by atoms with Crippen molar-refractivity contribution in [3.05, 3.63) is 19.1 Å². The highest BCUT2D eigenvalue weighted by Crippen LogP contribution is 2.15. The highest BCUT2D eigenvalue weighted by atomic mass is 14.0. The fraction of sp³-hybridized carbons (Fsp3) is 0.800. The summed E-state index contributed by atoms with van der Waals surface area (Å²) >= 11 is 0. The molecule has 0 amide bonds. The molecule has 15 heavy (non-hydrogen) atoms. The van der Waals surface area contributed by atoms with Crippen molar-refractivity contribution >= 4 is 0 Å². The predicted molar refractivity (Wildman–Crippen MR) is 71.0 cm³/mol. The average molecular weight is 209 g/mol. The maximum atomic E-state index is 4.14. The Kier molecular flexibility index (Phi) is 11.6. The number of unbranched alkanes of at least 4 members (excludes halogenated alkanes) is 7. The van der Waals surface area contributed by atoms with Gasteiger partial charge in [-0.05, 0) is 25.7 Å². The van der Waals surface area contributed by atoms with E-state index in [1.807, 2.05) is 0 Å². The molecule has 0 heterocycles. The Morgan fingerprint density at radius 3 is 1.93 bits per heavy atom. The third-order valence-corrected chi connectivity index (χ3v) is 2.91. The first-order valence-electron chi connectivity index (χ1n) is 6.77. The second-order valence-electron chi connectivity index (χ2n) is 4.58. The molecule has 0 nitrogen and oxygen atoms in total. The van der Waals surface area contributed by atoms with E-state index < -0.39 is 0 Å². The fourth-order valence-corrected chi connectivity index (χ4v) is 1.83. The van der Waals surface area contributed by atoms with Gasteiger partial charge in [0, 0.05) is 0 Å². The molecule has 0 aromatic heterocycles. The van der Waals surface area contributed by atoms with E-state index in [1.54, 1.807) is 0 Å². The highest BCUT2D eigenvalue weighted by molar-refractivity contribution is 4.93. The molecule has 0 heteroatoms. The van der Waals surface area contributed by atoms with Crippen molar-refractivity contribution in [2.75, 3.05) is 0 Å². The molecular formula is C15H29. The summed E-state index contributed by atoms with van der Waals surface area (Å²) in [4.78, 5) is 0. The minimum atomic E-state index is 1.07. The molecule has 0 aromatic carbocycles. The molecule has 0 saturated carbocycles. The van der Waals surface area contributed by atoms with Crippen molar-refractivity contribution in [1.29, 1.82) is 0 Å². The first-order valence-corrected chi connectivity index (χ1v) is 6.77. The number of hydrogen-bond acceptors (Lipinski definition) is 0. The fourth-order valence-electron chi connectivity index (χ4n) is 1.83. The van der Waals surface area contributed by atoms with E-state index in [9.17, 15) is 0 Å². The van der Waals surface area contributed by atoms with Crippen LogP contribution in [0.4, 0.5) is 0 Å². The van der Waals surface area contributed by atoms with Crippen LogP contribution >= 0.6 is 0 Å². The topological polar surface area (TPSA) is 0 Å². The molecule has 0 atom stereocenters. The van der Waals surface area contributed by atoms with Gasteiger partial charge in [-0.1, -0.05) is 70.9 Å². The van der Waals surface area contributed by atoms with Crippen molar-refractivity contribution in [3.63, 3.8) is 0 Å². The largest absolute Gasteiger partial charge is 0.0999 e. The summed E-state index contributed by atoms with van der Waals surface area (Å²) in [6.07, 6.45) is 14.4. The lowest BCUT2D eigenvalue weighted by Gasteiger charge is -2.05. The predicted octanol–water partition coefficient (Wildman–Crippen LogP) is 5.69. The molecule has 0 N–H and O–H groups in total. The van der Waals surface area contributed by atoms with Crippen LogP contribution in [-0.4, -0.2) is 0 Å². The van der Waals surface area contributed by atoms with Gasteiger partial charge in [0.25, 0.3) is 0 Å². The van der Waals surface area contributed by atoms with Gasteiger partial charge in [0.2, 0.25) is 0 Å². The Balaban J connectivity index is 3.10. The average Bonchev–Trinajstić information content (AvgIpc) is 2.23. The van der Waals surface area contributed by atoms with E-state index in [0.29, 0.717) is 0 Å². The van der Waals surface area contributed by atoms with Crippen LogP contribution in [0.2, 0.25) is 0 Å². The lowest BCUT2D eigenvalue weighted by Crippen LogP contribution is -1.85. The molecule has 0 spiro atoms. The van der Waals surface area contributed by atoms with Gasteiger partial charge in [0.15, 0.2) is 0 Å². The Morgan fingerprint density at radius 1 is 0.800 bits per heavy atom. The van der Waals surface area contributed by atoms with Gasteiger partial charge < -0.3 is 0 Å². The van der Waals surface area contributed by atoms with Crippen molar-refractivity contribution in [1.82, 2.24) is 0 Å². The Morgan fingerprint density at radius 2 is 1.33 bits per heavy atom. The van der Waals surface area contributed by atoms with Gasteiger partial charge in [-0.15, -0.1) is 0 Å². The smallest absolute Gasteiger partial charge is 0.0323 e. The first-order chi connectivity index (χ1) is 7.31. The lowest BCUT2D eigenvalue weighted by molar-refractivity contribution is 0.598. The monoisotopic (exact) mass is 209 g/mol. The van der Waals surface area contributed by atoms with Gasteiger partial charge in [-0.25, -0.2) is 0 Å². The minimum absolute atomic E-state index is 1.07. The lowest BCUT2D eigenvalue weighted by atomic mass is 10.0. The standard InChI is InChI=1S/C15H29/c1-4-6-8-9-10-12-14-15(3)13-11-7-5-2/h2-14H2,1H3. The van der Waals surface area contributed by atoms with Gasteiger partial charge in [-0.2, -0.15) is 0 Å². The molecule has 0 unspecified atom stereocenters. The Hall–Kier alpha value is -0.260. The van der Waals surface area contributed by atoms with Crippen LogP contribution in [-0.2, 0) is 0 Å². The van der Waals surface area contributed by atoms with Crippen molar-refractivity contribution in [3.8, 4) is 0 Å². The van der Waals surface area contributed by atoms with E-state index in [-0.39, 0.29) is 0 Å². The molecule has 0 fully saturated rings. The third kappa shape index (κ3) is 11.7. The maximum absolute atomic E-state index is 4.14. The van der Waals surface area contributed by atoms with E-state index in [0.717, 1.165) is 6.42 Å².